The van der Waals surface area contributed by atoms with E-state index in [9.17, 15) is 4.79 Å². The molecular weight excluding hydrogens is 366 g/mol. The van der Waals surface area contributed by atoms with Crippen molar-refractivity contribution in [1.29, 1.82) is 0 Å². The van der Waals surface area contributed by atoms with E-state index in [0.717, 1.165) is 17.8 Å². The van der Waals surface area contributed by atoms with Crippen molar-refractivity contribution in [2.24, 2.45) is 34.5 Å². The number of carbonyl (C=O) groups is 1. The second-order valence-electron chi connectivity index (χ2n) is 11.5. The lowest BCUT2D eigenvalue weighted by molar-refractivity contribution is -0.165. The third-order valence-corrected chi connectivity index (χ3v) is 10.2. The van der Waals surface area contributed by atoms with Crippen LogP contribution in [-0.4, -0.2) is 23.9 Å². The zero-order valence-corrected chi connectivity index (χ0v) is 19.4. The van der Waals surface area contributed by atoms with Crippen LogP contribution in [0.3, 0.4) is 0 Å². The second kappa shape index (κ2) is 7.24. The van der Waals surface area contributed by atoms with Crippen molar-refractivity contribution in [3.05, 3.63) is 41.5 Å². The second-order valence-corrected chi connectivity index (χ2v) is 11.5. The molecule has 3 aliphatic carbocycles. The Balaban J connectivity index is 1.49. The minimum Gasteiger partial charge on any atom is -0.342 e. The molecule has 0 radical (unpaired) electrons. The van der Waals surface area contributed by atoms with Gasteiger partial charge >= 0.3 is 0 Å². The summed E-state index contributed by atoms with van der Waals surface area (Å²) in [5, 5.41) is 0. The molecule has 1 aliphatic heterocycles. The SMILES string of the molecule is Cc1ccc(C=CC2CC(=O)N(C)[C@@H]3CC[C@H]4[C@@H]5CCC[C@@]5(C)CC[C@@H]4[C@@]23C)cc1. The average Bonchev–Trinajstić information content (AvgIpc) is 3.13. The molecule has 162 valence electrons. The predicted molar refractivity (Wildman–Crippen MR) is 124 cm³/mol. The molecular formula is C28H39NO. The highest BCUT2D eigenvalue weighted by Crippen LogP contribution is 2.65. The van der Waals surface area contributed by atoms with E-state index in [1.165, 1.54) is 56.1 Å². The van der Waals surface area contributed by atoms with Crippen LogP contribution in [0.25, 0.3) is 6.08 Å². The number of carbonyl (C=O) groups excluding carboxylic acids is 1. The van der Waals surface area contributed by atoms with Crippen LogP contribution in [0.2, 0.25) is 0 Å². The van der Waals surface area contributed by atoms with Crippen molar-refractivity contribution in [3.63, 3.8) is 0 Å². The van der Waals surface area contributed by atoms with Crippen LogP contribution >= 0.6 is 0 Å². The van der Waals surface area contributed by atoms with Gasteiger partial charge in [-0.15, -0.1) is 0 Å². The van der Waals surface area contributed by atoms with E-state index >= 15 is 0 Å². The number of piperidine rings is 1. The van der Waals surface area contributed by atoms with Gasteiger partial charge in [-0.25, -0.2) is 0 Å². The average molecular weight is 406 g/mol. The van der Waals surface area contributed by atoms with Gasteiger partial charge in [0, 0.05) is 19.5 Å². The van der Waals surface area contributed by atoms with Gasteiger partial charge in [0.2, 0.25) is 5.91 Å². The van der Waals surface area contributed by atoms with E-state index in [1.807, 2.05) is 0 Å². The van der Waals surface area contributed by atoms with Gasteiger partial charge in [-0.05, 0) is 85.5 Å². The molecule has 1 heterocycles. The number of allylic oxidation sites excluding steroid dienone is 1. The van der Waals surface area contributed by atoms with Crippen molar-refractivity contribution in [3.8, 4) is 0 Å². The lowest BCUT2D eigenvalue weighted by Gasteiger charge is -2.63. The number of aryl methyl sites for hydroxylation is 1. The minimum atomic E-state index is 0.205. The van der Waals surface area contributed by atoms with Gasteiger partial charge in [0.15, 0.2) is 0 Å². The smallest absolute Gasteiger partial charge is 0.223 e. The summed E-state index contributed by atoms with van der Waals surface area (Å²) in [7, 11) is 2.08. The van der Waals surface area contributed by atoms with Crippen molar-refractivity contribution >= 4 is 12.0 Å². The summed E-state index contributed by atoms with van der Waals surface area (Å²) in [6.07, 6.45) is 15.0. The first kappa shape index (κ1) is 20.3. The molecule has 4 aliphatic rings. The third-order valence-electron chi connectivity index (χ3n) is 10.2. The molecule has 3 saturated carbocycles. The fourth-order valence-corrected chi connectivity index (χ4v) is 8.40. The molecule has 7 atom stereocenters. The Morgan fingerprint density at radius 3 is 2.53 bits per heavy atom. The third kappa shape index (κ3) is 3.00. The standard InChI is InChI=1S/C28H39NO/c1-19-7-9-20(10-8-19)11-12-21-18-26(30)29(4)25-14-13-22-23-6-5-16-27(23,2)17-15-24(22)28(21,25)3/h7-12,21-25H,5-6,13-18H2,1-4H3/t21?,22-,23-,24-,25+,27-,28+/m0/s1. The van der Waals surface area contributed by atoms with E-state index in [1.54, 1.807) is 0 Å². The Bertz CT molecular complexity index is 841. The summed E-state index contributed by atoms with van der Waals surface area (Å²) in [6, 6.07) is 9.18. The van der Waals surface area contributed by atoms with Crippen molar-refractivity contribution in [1.82, 2.24) is 4.90 Å². The topological polar surface area (TPSA) is 20.3 Å². The first-order valence-corrected chi connectivity index (χ1v) is 12.3. The number of likely N-dealkylation sites (tertiary alicyclic amines) is 1. The summed E-state index contributed by atoms with van der Waals surface area (Å²) >= 11 is 0. The Kier molecular flexibility index (Phi) is 4.91. The summed E-state index contributed by atoms with van der Waals surface area (Å²) in [5.74, 6) is 3.24. The summed E-state index contributed by atoms with van der Waals surface area (Å²) in [5.41, 5.74) is 3.35. The van der Waals surface area contributed by atoms with Gasteiger partial charge in [-0.1, -0.05) is 62.2 Å². The van der Waals surface area contributed by atoms with Crippen molar-refractivity contribution in [2.75, 3.05) is 7.05 Å². The van der Waals surface area contributed by atoms with Crippen LogP contribution in [0.4, 0.5) is 0 Å². The van der Waals surface area contributed by atoms with Gasteiger partial charge in [-0.2, -0.15) is 0 Å². The fraction of sp³-hybridized carbons (Fsp3) is 0.679. The van der Waals surface area contributed by atoms with Gasteiger partial charge in [-0.3, -0.25) is 4.79 Å². The van der Waals surface area contributed by atoms with Crippen LogP contribution in [0.1, 0.15) is 76.3 Å². The molecule has 1 amide bonds. The number of fused-ring (bicyclic) bond motifs is 5. The molecule has 1 unspecified atom stereocenters. The first-order chi connectivity index (χ1) is 14.3. The highest BCUT2D eigenvalue weighted by atomic mass is 16.2. The van der Waals surface area contributed by atoms with E-state index in [2.05, 4.69) is 69.1 Å². The van der Waals surface area contributed by atoms with E-state index in [0.29, 0.717) is 29.7 Å². The number of nitrogens with zero attached hydrogens (tertiary/aromatic N) is 1. The molecule has 5 rings (SSSR count). The predicted octanol–water partition coefficient (Wildman–Crippen LogP) is 6.49. The van der Waals surface area contributed by atoms with Crippen molar-refractivity contribution in [2.45, 2.75) is 78.2 Å². The number of hydrogen-bond donors (Lipinski definition) is 0. The summed E-state index contributed by atoms with van der Waals surface area (Å²) in [6.45, 7) is 7.27. The van der Waals surface area contributed by atoms with E-state index in [-0.39, 0.29) is 5.41 Å². The summed E-state index contributed by atoms with van der Waals surface area (Å²) < 4.78 is 0. The molecule has 4 fully saturated rings. The zero-order chi connectivity index (χ0) is 21.1. The van der Waals surface area contributed by atoms with Gasteiger partial charge < -0.3 is 4.90 Å². The summed E-state index contributed by atoms with van der Waals surface area (Å²) in [4.78, 5) is 15.1. The molecule has 0 aromatic heterocycles. The quantitative estimate of drug-likeness (QED) is 0.551. The monoisotopic (exact) mass is 405 g/mol. The lowest BCUT2D eigenvalue weighted by atomic mass is 9.45. The van der Waals surface area contributed by atoms with Gasteiger partial charge in [0.1, 0.15) is 0 Å². The minimum absolute atomic E-state index is 0.205. The van der Waals surface area contributed by atoms with E-state index < -0.39 is 0 Å². The highest BCUT2D eigenvalue weighted by molar-refractivity contribution is 5.78. The van der Waals surface area contributed by atoms with Crippen LogP contribution in [-0.2, 0) is 4.79 Å². The molecule has 0 spiro atoms. The fourth-order valence-electron chi connectivity index (χ4n) is 8.40. The molecule has 30 heavy (non-hydrogen) atoms. The maximum absolute atomic E-state index is 12.9. The first-order valence-electron chi connectivity index (χ1n) is 12.3. The number of benzene rings is 1. The number of rotatable bonds is 2. The van der Waals surface area contributed by atoms with Gasteiger partial charge in [0.25, 0.3) is 0 Å². The Morgan fingerprint density at radius 1 is 1.00 bits per heavy atom. The van der Waals surface area contributed by atoms with Gasteiger partial charge in [0.05, 0.1) is 0 Å². The van der Waals surface area contributed by atoms with E-state index in [4.69, 9.17) is 0 Å². The molecule has 0 bridgehead atoms. The molecule has 2 nitrogen and oxygen atoms in total. The molecule has 2 heteroatoms. The van der Waals surface area contributed by atoms with Crippen LogP contribution in [0.15, 0.2) is 30.3 Å². The largest absolute Gasteiger partial charge is 0.342 e. The Morgan fingerprint density at radius 2 is 1.77 bits per heavy atom. The molecule has 1 aromatic rings. The maximum Gasteiger partial charge on any atom is 0.223 e. The number of amides is 1. The Hall–Kier alpha value is -1.57. The van der Waals surface area contributed by atoms with Crippen LogP contribution in [0.5, 0.6) is 0 Å². The Labute approximate surface area is 183 Å². The highest BCUT2D eigenvalue weighted by Gasteiger charge is 2.61. The van der Waals surface area contributed by atoms with Crippen LogP contribution < -0.4 is 0 Å². The number of hydrogen-bond acceptors (Lipinski definition) is 1. The molecule has 0 N–H and O–H groups in total. The molecule has 1 aromatic carbocycles. The molecule has 1 saturated heterocycles. The van der Waals surface area contributed by atoms with Crippen LogP contribution in [0, 0.1) is 41.4 Å². The maximum atomic E-state index is 12.9. The lowest BCUT2D eigenvalue weighted by Crippen LogP contribution is -2.64. The zero-order valence-electron chi connectivity index (χ0n) is 19.4. The van der Waals surface area contributed by atoms with Crippen molar-refractivity contribution < 1.29 is 4.79 Å². The normalized spacial score (nSPS) is 43.4.